The number of aliphatic hydroxyl groups excluding tert-OH is 2. The van der Waals surface area contributed by atoms with E-state index in [-0.39, 0.29) is 24.1 Å². The third-order valence-corrected chi connectivity index (χ3v) is 6.18. The van der Waals surface area contributed by atoms with Crippen LogP contribution in [0.4, 0.5) is 0 Å². The summed E-state index contributed by atoms with van der Waals surface area (Å²) in [5.41, 5.74) is 6.81. The molecule has 1 aromatic carbocycles. The molecule has 1 aliphatic rings. The Morgan fingerprint density at radius 1 is 1.03 bits per heavy atom. The van der Waals surface area contributed by atoms with E-state index < -0.39 is 24.3 Å². The van der Waals surface area contributed by atoms with E-state index in [0.29, 0.717) is 27.4 Å². The lowest BCUT2D eigenvalue weighted by molar-refractivity contribution is -0.132. The van der Waals surface area contributed by atoms with Crippen molar-refractivity contribution in [2.75, 3.05) is 34.9 Å². The molecule has 0 bridgehead atoms. The second kappa shape index (κ2) is 13.3. The summed E-state index contributed by atoms with van der Waals surface area (Å²) in [5.74, 6) is -0.861. The molecule has 190 valence electrons. The first-order valence-electron chi connectivity index (χ1n) is 10.6. The van der Waals surface area contributed by atoms with Crippen molar-refractivity contribution >= 4 is 46.2 Å². The maximum absolute atomic E-state index is 12.4. The second-order valence-corrected chi connectivity index (χ2v) is 8.44. The van der Waals surface area contributed by atoms with Crippen LogP contribution < -0.4 is 15.6 Å². The fourth-order valence-electron chi connectivity index (χ4n) is 3.33. The van der Waals surface area contributed by atoms with E-state index in [2.05, 4.69) is 10.9 Å². The lowest BCUT2D eigenvalue weighted by Crippen LogP contribution is -2.48. The van der Waals surface area contributed by atoms with E-state index in [4.69, 9.17) is 33.9 Å². The SMILES string of the molecule is COc1ccc(CO)c(C(=S)N(C)NC(=O)CC(=O)NN(C)C(=S)C2=CC(CO)C=CC2OC)c1. The van der Waals surface area contributed by atoms with Crippen molar-refractivity contribution < 1.29 is 29.3 Å². The number of thiocarbonyl (C=S) groups is 2. The van der Waals surface area contributed by atoms with Gasteiger partial charge in [-0.2, -0.15) is 0 Å². The molecule has 10 nitrogen and oxygen atoms in total. The fraction of sp³-hybridized carbons (Fsp3) is 0.391. The van der Waals surface area contributed by atoms with Crippen LogP contribution in [-0.2, 0) is 20.9 Å². The fourth-order valence-corrected chi connectivity index (χ4v) is 3.80. The first kappa shape index (κ1) is 28.3. The van der Waals surface area contributed by atoms with Crippen LogP contribution in [0, 0.1) is 5.92 Å². The zero-order valence-electron chi connectivity index (χ0n) is 20.0. The third kappa shape index (κ3) is 7.54. The van der Waals surface area contributed by atoms with Gasteiger partial charge in [0, 0.05) is 38.3 Å². The highest BCUT2D eigenvalue weighted by Gasteiger charge is 2.24. The van der Waals surface area contributed by atoms with Crippen LogP contribution in [0.3, 0.4) is 0 Å². The first-order valence-corrected chi connectivity index (χ1v) is 11.4. The molecule has 0 heterocycles. The molecule has 4 N–H and O–H groups in total. The van der Waals surface area contributed by atoms with Crippen molar-refractivity contribution in [2.45, 2.75) is 19.1 Å². The number of aliphatic hydroxyl groups is 2. The number of amides is 2. The van der Waals surface area contributed by atoms with Gasteiger partial charge in [0.15, 0.2) is 0 Å². The number of hydrogen-bond donors (Lipinski definition) is 4. The van der Waals surface area contributed by atoms with Crippen molar-refractivity contribution in [1.29, 1.82) is 0 Å². The zero-order chi connectivity index (χ0) is 26.1. The van der Waals surface area contributed by atoms with E-state index in [0.717, 1.165) is 0 Å². The number of ether oxygens (including phenoxy) is 2. The Labute approximate surface area is 215 Å². The molecule has 0 aromatic heterocycles. The molecule has 2 amide bonds. The Balaban J connectivity index is 1.96. The normalized spacial score (nSPS) is 16.7. The molecule has 1 aliphatic carbocycles. The topological polar surface area (TPSA) is 124 Å². The first-order chi connectivity index (χ1) is 16.6. The van der Waals surface area contributed by atoms with Crippen LogP contribution in [0.1, 0.15) is 17.5 Å². The number of carbonyl (C=O) groups is 2. The van der Waals surface area contributed by atoms with Gasteiger partial charge in [0.2, 0.25) is 11.8 Å². The summed E-state index contributed by atoms with van der Waals surface area (Å²) in [6.45, 7) is -0.328. The Hall–Kier alpha value is -2.90. The van der Waals surface area contributed by atoms with E-state index in [1.54, 1.807) is 37.4 Å². The number of rotatable bonds is 8. The van der Waals surface area contributed by atoms with Crippen molar-refractivity contribution in [1.82, 2.24) is 20.9 Å². The van der Waals surface area contributed by atoms with E-state index >= 15 is 0 Å². The number of likely N-dealkylation sites (N-methyl/N-ethyl adjacent to an activating group) is 1. The molecule has 0 spiro atoms. The van der Waals surface area contributed by atoms with Crippen LogP contribution in [0.5, 0.6) is 5.75 Å². The van der Waals surface area contributed by atoms with Gasteiger partial charge >= 0.3 is 0 Å². The number of hydrazine groups is 2. The number of carbonyl (C=O) groups excluding carboxylic acids is 2. The van der Waals surface area contributed by atoms with Gasteiger partial charge in [0.1, 0.15) is 28.3 Å². The quantitative estimate of drug-likeness (QED) is 0.167. The van der Waals surface area contributed by atoms with Gasteiger partial charge in [-0.3, -0.25) is 30.5 Å². The van der Waals surface area contributed by atoms with Crippen LogP contribution in [0.25, 0.3) is 0 Å². The molecular weight excluding hydrogens is 492 g/mol. The van der Waals surface area contributed by atoms with E-state index in [9.17, 15) is 19.8 Å². The minimum absolute atomic E-state index is 0.0831. The summed E-state index contributed by atoms with van der Waals surface area (Å²) >= 11 is 10.9. The van der Waals surface area contributed by atoms with Crippen molar-refractivity contribution in [3.63, 3.8) is 0 Å². The number of nitrogens with one attached hydrogen (secondary N) is 2. The Morgan fingerprint density at radius 2 is 1.66 bits per heavy atom. The zero-order valence-corrected chi connectivity index (χ0v) is 21.6. The molecule has 0 saturated heterocycles. The Kier molecular flexibility index (Phi) is 10.7. The van der Waals surface area contributed by atoms with Crippen LogP contribution in [0.2, 0.25) is 0 Å². The average molecular weight is 523 g/mol. The lowest BCUT2D eigenvalue weighted by atomic mass is 9.95. The van der Waals surface area contributed by atoms with Gasteiger partial charge in [-0.1, -0.05) is 48.7 Å². The Morgan fingerprint density at radius 3 is 2.20 bits per heavy atom. The van der Waals surface area contributed by atoms with Crippen LogP contribution in [-0.4, -0.2) is 83.0 Å². The maximum Gasteiger partial charge on any atom is 0.248 e. The predicted octanol–water partition coefficient (Wildman–Crippen LogP) is 0.626. The molecule has 2 rings (SSSR count). The van der Waals surface area contributed by atoms with Crippen molar-refractivity contribution in [3.8, 4) is 5.75 Å². The number of hydrogen-bond acceptors (Lipinski definition) is 8. The summed E-state index contributed by atoms with van der Waals surface area (Å²) in [7, 11) is 6.13. The average Bonchev–Trinajstić information content (AvgIpc) is 2.86. The van der Waals surface area contributed by atoms with Gasteiger partial charge in [0.05, 0.1) is 20.3 Å². The molecule has 0 fully saturated rings. The highest BCUT2D eigenvalue weighted by atomic mass is 32.1. The predicted molar refractivity (Wildman–Crippen MR) is 138 cm³/mol. The number of benzene rings is 1. The molecule has 0 saturated carbocycles. The molecule has 2 atom stereocenters. The van der Waals surface area contributed by atoms with Gasteiger partial charge < -0.3 is 19.7 Å². The highest BCUT2D eigenvalue weighted by molar-refractivity contribution is 7.81. The largest absolute Gasteiger partial charge is 0.497 e. The summed E-state index contributed by atoms with van der Waals surface area (Å²) in [5, 5.41) is 21.7. The Bertz CT molecular complexity index is 1030. The summed E-state index contributed by atoms with van der Waals surface area (Å²) in [6.07, 6.45) is 4.48. The van der Waals surface area contributed by atoms with Gasteiger partial charge in [-0.15, -0.1) is 0 Å². The molecule has 0 aliphatic heterocycles. The smallest absolute Gasteiger partial charge is 0.248 e. The van der Waals surface area contributed by atoms with Crippen molar-refractivity contribution in [2.24, 2.45) is 5.92 Å². The highest BCUT2D eigenvalue weighted by Crippen LogP contribution is 2.22. The maximum atomic E-state index is 12.4. The summed E-state index contributed by atoms with van der Waals surface area (Å²) in [6, 6.07) is 5.03. The molecular formula is C23H30N4O6S2. The molecule has 2 unspecified atom stereocenters. The summed E-state index contributed by atoms with van der Waals surface area (Å²) < 4.78 is 10.6. The van der Waals surface area contributed by atoms with Gasteiger partial charge in [-0.25, -0.2) is 0 Å². The third-order valence-electron chi connectivity index (χ3n) is 5.18. The van der Waals surface area contributed by atoms with E-state index in [1.807, 2.05) is 6.08 Å². The standard InChI is InChI=1S/C23H30N4O6S2/c1-26(22(34)17-10-16(32-3)7-6-15(17)13-29)24-20(30)11-21(31)25-27(2)23(35)18-9-14(12-28)5-8-19(18)33-4/h5-10,14,19,28-29H,11-13H2,1-4H3,(H,24,30)(H,25,31). The second-order valence-electron chi connectivity index (χ2n) is 7.67. The molecule has 35 heavy (non-hydrogen) atoms. The van der Waals surface area contributed by atoms with Crippen molar-refractivity contribution in [3.05, 3.63) is 53.1 Å². The number of nitrogens with zero attached hydrogens (tertiary/aromatic N) is 2. The number of methoxy groups -OCH3 is 2. The van der Waals surface area contributed by atoms with Crippen LogP contribution in [0.15, 0.2) is 42.0 Å². The summed E-state index contributed by atoms with van der Waals surface area (Å²) in [4.78, 5) is 25.4. The molecule has 12 heteroatoms. The van der Waals surface area contributed by atoms with Gasteiger partial charge in [-0.05, 0) is 17.7 Å². The monoisotopic (exact) mass is 522 g/mol. The minimum atomic E-state index is -0.602. The molecule has 0 radical (unpaired) electrons. The lowest BCUT2D eigenvalue weighted by Gasteiger charge is -2.28. The minimum Gasteiger partial charge on any atom is -0.497 e. The van der Waals surface area contributed by atoms with Gasteiger partial charge in [0.25, 0.3) is 0 Å². The van der Waals surface area contributed by atoms with E-state index in [1.165, 1.54) is 31.3 Å². The molecule has 1 aromatic rings. The van der Waals surface area contributed by atoms with Crippen LogP contribution >= 0.6 is 24.4 Å².